The molecule has 0 amide bonds. The maximum atomic E-state index is 11.0. The van der Waals surface area contributed by atoms with Crippen LogP contribution >= 0.6 is 0 Å². The topological polar surface area (TPSA) is 80.0 Å². The predicted octanol–water partition coefficient (Wildman–Crippen LogP) is 0.552. The highest BCUT2D eigenvalue weighted by Gasteiger charge is 2.09. The van der Waals surface area contributed by atoms with Gasteiger partial charge in [-0.25, -0.2) is 9.78 Å². The molecule has 14 heavy (non-hydrogen) atoms. The van der Waals surface area contributed by atoms with E-state index in [4.69, 9.17) is 5.26 Å². The Morgan fingerprint density at radius 2 is 2.36 bits per heavy atom. The molecule has 0 saturated heterocycles. The number of carbonyl (C=O) groups is 2. The standard InChI is InChI=1S/C9H6N2O3/c1-14-9(13)8-3-6(5-12)2-7(4-10)11-8/h2-3,5H,1H3. The van der Waals surface area contributed by atoms with Gasteiger partial charge in [0.15, 0.2) is 5.69 Å². The summed E-state index contributed by atoms with van der Waals surface area (Å²) in [4.78, 5) is 25.2. The van der Waals surface area contributed by atoms with Crippen molar-refractivity contribution in [2.24, 2.45) is 0 Å². The third-order valence-corrected chi connectivity index (χ3v) is 1.49. The van der Waals surface area contributed by atoms with E-state index in [1.165, 1.54) is 19.2 Å². The number of ether oxygens (including phenoxy) is 1. The van der Waals surface area contributed by atoms with Gasteiger partial charge in [-0.1, -0.05) is 0 Å². The number of nitriles is 1. The average Bonchev–Trinajstić information content (AvgIpc) is 2.27. The summed E-state index contributed by atoms with van der Waals surface area (Å²) >= 11 is 0. The summed E-state index contributed by atoms with van der Waals surface area (Å²) in [5.41, 5.74) is 0.181. The van der Waals surface area contributed by atoms with Crippen molar-refractivity contribution in [3.05, 3.63) is 29.1 Å². The summed E-state index contributed by atoms with van der Waals surface area (Å²) in [7, 11) is 1.20. The van der Waals surface area contributed by atoms with Gasteiger partial charge in [0, 0.05) is 5.56 Å². The maximum Gasteiger partial charge on any atom is 0.356 e. The van der Waals surface area contributed by atoms with Crippen LogP contribution in [0, 0.1) is 11.3 Å². The van der Waals surface area contributed by atoms with Crippen LogP contribution < -0.4 is 0 Å². The molecule has 5 nitrogen and oxygen atoms in total. The van der Waals surface area contributed by atoms with Crippen molar-refractivity contribution in [1.82, 2.24) is 4.98 Å². The van der Waals surface area contributed by atoms with Crippen LogP contribution in [-0.4, -0.2) is 24.3 Å². The first-order valence-corrected chi connectivity index (χ1v) is 3.67. The summed E-state index contributed by atoms with van der Waals surface area (Å²) in [5, 5.41) is 8.56. The molecule has 1 heterocycles. The molecule has 0 atom stereocenters. The van der Waals surface area contributed by atoms with Crippen LogP contribution in [-0.2, 0) is 4.74 Å². The van der Waals surface area contributed by atoms with Gasteiger partial charge in [0.1, 0.15) is 18.0 Å². The van der Waals surface area contributed by atoms with Gasteiger partial charge in [0.05, 0.1) is 7.11 Å². The van der Waals surface area contributed by atoms with Gasteiger partial charge in [-0.2, -0.15) is 5.26 Å². The van der Waals surface area contributed by atoms with Gasteiger partial charge < -0.3 is 4.74 Å². The van der Waals surface area contributed by atoms with E-state index in [1.54, 1.807) is 6.07 Å². The number of aromatic nitrogens is 1. The normalized spacial score (nSPS) is 8.86. The number of esters is 1. The fourth-order valence-corrected chi connectivity index (χ4v) is 0.886. The Hall–Kier alpha value is -2.22. The lowest BCUT2D eigenvalue weighted by Crippen LogP contribution is -2.06. The zero-order chi connectivity index (χ0) is 10.6. The zero-order valence-corrected chi connectivity index (χ0v) is 7.35. The lowest BCUT2D eigenvalue weighted by atomic mass is 10.2. The molecule has 0 saturated carbocycles. The van der Waals surface area contributed by atoms with Crippen LogP contribution in [0.25, 0.3) is 0 Å². The largest absolute Gasteiger partial charge is 0.464 e. The molecule has 1 aromatic heterocycles. The Kier molecular flexibility index (Phi) is 2.92. The first kappa shape index (κ1) is 9.86. The maximum absolute atomic E-state index is 11.0. The molecule has 0 aromatic carbocycles. The number of carbonyl (C=O) groups excluding carboxylic acids is 2. The van der Waals surface area contributed by atoms with Crippen molar-refractivity contribution in [2.75, 3.05) is 7.11 Å². The van der Waals surface area contributed by atoms with Crippen molar-refractivity contribution in [3.63, 3.8) is 0 Å². The molecule has 0 fully saturated rings. The monoisotopic (exact) mass is 190 g/mol. The second kappa shape index (κ2) is 4.14. The van der Waals surface area contributed by atoms with E-state index in [9.17, 15) is 9.59 Å². The van der Waals surface area contributed by atoms with Crippen LogP contribution in [0.1, 0.15) is 26.5 Å². The Morgan fingerprint density at radius 1 is 1.64 bits per heavy atom. The number of aldehydes is 1. The molecule has 0 aliphatic carbocycles. The quantitative estimate of drug-likeness (QED) is 0.502. The first-order chi connectivity index (χ1) is 6.71. The molecule has 0 spiro atoms. The number of hydrogen-bond donors (Lipinski definition) is 0. The van der Waals surface area contributed by atoms with E-state index in [0.717, 1.165) is 0 Å². The number of rotatable bonds is 2. The van der Waals surface area contributed by atoms with E-state index < -0.39 is 5.97 Å². The summed E-state index contributed by atoms with van der Waals surface area (Å²) in [6, 6.07) is 4.30. The van der Waals surface area contributed by atoms with Gasteiger partial charge in [-0.05, 0) is 12.1 Å². The van der Waals surface area contributed by atoms with Crippen molar-refractivity contribution < 1.29 is 14.3 Å². The van der Waals surface area contributed by atoms with Crippen LogP contribution in [0.2, 0.25) is 0 Å². The highest BCUT2D eigenvalue weighted by molar-refractivity contribution is 5.89. The molecular formula is C9H6N2O3. The first-order valence-electron chi connectivity index (χ1n) is 3.67. The molecule has 70 valence electrons. The SMILES string of the molecule is COC(=O)c1cc(C=O)cc(C#N)n1. The van der Waals surface area contributed by atoms with E-state index in [0.29, 0.717) is 6.29 Å². The molecule has 1 rings (SSSR count). The molecule has 0 aliphatic rings. The van der Waals surface area contributed by atoms with Gasteiger partial charge in [-0.3, -0.25) is 4.79 Å². The fourth-order valence-electron chi connectivity index (χ4n) is 0.886. The Balaban J connectivity index is 3.25. The second-order valence-corrected chi connectivity index (χ2v) is 2.39. The van der Waals surface area contributed by atoms with E-state index >= 15 is 0 Å². The molecule has 0 bridgehead atoms. The molecule has 0 N–H and O–H groups in total. The number of nitrogens with zero attached hydrogens (tertiary/aromatic N) is 2. The summed E-state index contributed by atoms with van der Waals surface area (Å²) in [6.07, 6.45) is 0.537. The van der Waals surface area contributed by atoms with Crippen LogP contribution in [0.15, 0.2) is 12.1 Å². The highest BCUT2D eigenvalue weighted by Crippen LogP contribution is 2.04. The van der Waals surface area contributed by atoms with Crippen molar-refractivity contribution in [1.29, 1.82) is 5.26 Å². The minimum Gasteiger partial charge on any atom is -0.464 e. The van der Waals surface area contributed by atoms with Crippen molar-refractivity contribution in [3.8, 4) is 6.07 Å². The second-order valence-electron chi connectivity index (χ2n) is 2.39. The van der Waals surface area contributed by atoms with Gasteiger partial charge in [-0.15, -0.1) is 0 Å². The third kappa shape index (κ3) is 1.93. The molecular weight excluding hydrogens is 184 g/mol. The summed E-state index contributed by atoms with van der Waals surface area (Å²) in [5.74, 6) is -0.676. The highest BCUT2D eigenvalue weighted by atomic mass is 16.5. The third-order valence-electron chi connectivity index (χ3n) is 1.49. The Bertz CT molecular complexity index is 421. The van der Waals surface area contributed by atoms with Crippen LogP contribution in [0.5, 0.6) is 0 Å². The van der Waals surface area contributed by atoms with E-state index in [2.05, 4.69) is 9.72 Å². The van der Waals surface area contributed by atoms with Crippen LogP contribution in [0.4, 0.5) is 0 Å². The van der Waals surface area contributed by atoms with E-state index in [-0.39, 0.29) is 17.0 Å². The van der Waals surface area contributed by atoms with Crippen molar-refractivity contribution in [2.45, 2.75) is 0 Å². The number of hydrogen-bond acceptors (Lipinski definition) is 5. The minimum absolute atomic E-state index is 0.00926. The lowest BCUT2D eigenvalue weighted by molar-refractivity contribution is 0.0594. The Labute approximate surface area is 79.9 Å². The zero-order valence-electron chi connectivity index (χ0n) is 7.35. The summed E-state index contributed by atoms with van der Waals surface area (Å²) < 4.78 is 4.41. The molecule has 0 radical (unpaired) electrons. The van der Waals surface area contributed by atoms with Gasteiger partial charge >= 0.3 is 5.97 Å². The molecule has 1 aromatic rings. The fraction of sp³-hybridized carbons (Fsp3) is 0.111. The average molecular weight is 190 g/mol. The van der Waals surface area contributed by atoms with Crippen molar-refractivity contribution >= 4 is 12.3 Å². The van der Waals surface area contributed by atoms with Crippen LogP contribution in [0.3, 0.4) is 0 Å². The smallest absolute Gasteiger partial charge is 0.356 e. The lowest BCUT2D eigenvalue weighted by Gasteiger charge is -1.99. The molecule has 0 aliphatic heterocycles. The Morgan fingerprint density at radius 3 is 2.86 bits per heavy atom. The molecule has 0 unspecified atom stereocenters. The van der Waals surface area contributed by atoms with E-state index in [1.807, 2.05) is 0 Å². The van der Waals surface area contributed by atoms with Gasteiger partial charge in [0.25, 0.3) is 0 Å². The molecule has 5 heteroatoms. The summed E-state index contributed by atoms with van der Waals surface area (Å²) in [6.45, 7) is 0. The number of methoxy groups -OCH3 is 1. The minimum atomic E-state index is -0.676. The van der Waals surface area contributed by atoms with Gasteiger partial charge in [0.2, 0.25) is 0 Å². The predicted molar refractivity (Wildman–Crippen MR) is 45.7 cm³/mol. The number of pyridine rings is 1.